The van der Waals surface area contributed by atoms with E-state index >= 15 is 0 Å². The van der Waals surface area contributed by atoms with Gasteiger partial charge in [0.25, 0.3) is 0 Å². The van der Waals surface area contributed by atoms with E-state index in [0.717, 1.165) is 45.7 Å². The van der Waals surface area contributed by atoms with E-state index in [-0.39, 0.29) is 11.5 Å². The molecule has 0 atom stereocenters. The summed E-state index contributed by atoms with van der Waals surface area (Å²) in [6.07, 6.45) is 7.43. The molecule has 170 valence electrons. The number of pyridine rings is 1. The Morgan fingerprint density at radius 1 is 1.18 bits per heavy atom. The fourth-order valence-corrected chi connectivity index (χ4v) is 4.21. The summed E-state index contributed by atoms with van der Waals surface area (Å²) in [7, 11) is 0. The molecule has 2 heterocycles. The lowest BCUT2D eigenvalue weighted by Crippen LogP contribution is -2.25. The van der Waals surface area contributed by atoms with Crippen LogP contribution in [0.3, 0.4) is 0 Å². The van der Waals surface area contributed by atoms with E-state index in [1.807, 2.05) is 44.2 Å². The van der Waals surface area contributed by atoms with Crippen LogP contribution in [-0.2, 0) is 17.8 Å². The third-order valence-corrected chi connectivity index (χ3v) is 5.94. The van der Waals surface area contributed by atoms with Crippen LogP contribution in [0.4, 0.5) is 5.69 Å². The van der Waals surface area contributed by atoms with Gasteiger partial charge in [0, 0.05) is 41.2 Å². The largest absolute Gasteiger partial charge is 0.488 e. The smallest absolute Gasteiger partial charge is 0.248 e. The van der Waals surface area contributed by atoms with Crippen LogP contribution in [-0.4, -0.2) is 16.5 Å². The van der Waals surface area contributed by atoms with Gasteiger partial charge in [0.2, 0.25) is 5.91 Å². The Hall–Kier alpha value is -3.31. The normalized spacial score (nSPS) is 14.1. The molecule has 2 aromatic carbocycles. The van der Waals surface area contributed by atoms with Crippen LogP contribution in [0, 0.1) is 13.8 Å². The molecule has 0 fully saturated rings. The molecule has 0 saturated carbocycles. The average Bonchev–Trinajstić information content (AvgIpc) is 3.08. The molecule has 6 heteroatoms. The minimum Gasteiger partial charge on any atom is -0.488 e. The van der Waals surface area contributed by atoms with E-state index < -0.39 is 0 Å². The molecule has 33 heavy (non-hydrogen) atoms. The lowest BCUT2D eigenvalue weighted by Gasteiger charge is -2.19. The first-order valence-electron chi connectivity index (χ1n) is 10.8. The zero-order valence-corrected chi connectivity index (χ0v) is 20.0. The number of carbonyl (C=O) groups is 1. The van der Waals surface area contributed by atoms with Crippen LogP contribution in [0.15, 0.2) is 54.9 Å². The summed E-state index contributed by atoms with van der Waals surface area (Å²) in [4.78, 5) is 16.2. The molecule has 1 N–H and O–H groups in total. The number of hydrogen-bond donors (Lipinski definition) is 1. The third-order valence-electron chi connectivity index (χ3n) is 5.73. The van der Waals surface area contributed by atoms with Crippen LogP contribution >= 0.6 is 11.6 Å². The molecule has 0 radical (unpaired) electrons. The van der Waals surface area contributed by atoms with Crippen molar-refractivity contribution in [2.75, 3.05) is 5.32 Å². The van der Waals surface area contributed by atoms with Gasteiger partial charge in [0.15, 0.2) is 0 Å². The first-order valence-corrected chi connectivity index (χ1v) is 11.2. The van der Waals surface area contributed by atoms with Crippen LogP contribution in [0.25, 0.3) is 6.08 Å². The Balaban J connectivity index is 1.46. The van der Waals surface area contributed by atoms with Gasteiger partial charge in [-0.3, -0.25) is 9.78 Å². The number of aromatic nitrogens is 1. The molecule has 1 aromatic heterocycles. The molecule has 3 aromatic rings. The number of nitrogens with zero attached hydrogens (tertiary/aromatic N) is 1. The highest BCUT2D eigenvalue weighted by Crippen LogP contribution is 2.40. The summed E-state index contributed by atoms with van der Waals surface area (Å²) >= 11 is 6.34. The van der Waals surface area contributed by atoms with Crippen LogP contribution in [0.2, 0.25) is 5.02 Å². The molecular formula is C27H27ClN2O3. The van der Waals surface area contributed by atoms with Gasteiger partial charge < -0.3 is 14.8 Å². The fraction of sp³-hybridized carbons (Fsp3) is 0.259. The molecule has 1 aliphatic heterocycles. The average molecular weight is 463 g/mol. The maximum absolute atomic E-state index is 12.2. The highest BCUT2D eigenvalue weighted by Gasteiger charge is 2.32. The van der Waals surface area contributed by atoms with Crippen molar-refractivity contribution in [1.29, 1.82) is 0 Å². The number of nitrogens with one attached hydrogen (secondary N) is 1. The Bertz CT molecular complexity index is 1220. The van der Waals surface area contributed by atoms with Gasteiger partial charge in [-0.25, -0.2) is 0 Å². The number of carbonyl (C=O) groups excluding carboxylic acids is 1. The fourth-order valence-electron chi connectivity index (χ4n) is 3.95. The van der Waals surface area contributed by atoms with Gasteiger partial charge in [0.1, 0.15) is 23.7 Å². The van der Waals surface area contributed by atoms with Crippen molar-refractivity contribution in [3.63, 3.8) is 0 Å². The van der Waals surface area contributed by atoms with Crippen LogP contribution in [0.5, 0.6) is 11.5 Å². The molecule has 1 aliphatic rings. The monoisotopic (exact) mass is 462 g/mol. The number of rotatable bonds is 6. The molecule has 0 saturated heterocycles. The highest BCUT2D eigenvalue weighted by molar-refractivity contribution is 6.30. The lowest BCUT2D eigenvalue weighted by atomic mass is 10.0. The van der Waals surface area contributed by atoms with Gasteiger partial charge in [-0.05, 0) is 86.4 Å². The van der Waals surface area contributed by atoms with Crippen molar-refractivity contribution in [2.45, 2.75) is 46.3 Å². The Kier molecular flexibility index (Phi) is 6.43. The Morgan fingerprint density at radius 3 is 2.70 bits per heavy atom. The van der Waals surface area contributed by atoms with Gasteiger partial charge in [-0.2, -0.15) is 0 Å². The van der Waals surface area contributed by atoms with Crippen molar-refractivity contribution < 1.29 is 14.3 Å². The minimum atomic E-state index is -0.244. The highest BCUT2D eigenvalue weighted by atomic mass is 35.5. The van der Waals surface area contributed by atoms with Crippen molar-refractivity contribution in [2.24, 2.45) is 0 Å². The Labute approximate surface area is 199 Å². The summed E-state index contributed by atoms with van der Waals surface area (Å²) in [6, 6.07) is 11.2. The number of hydrogen-bond acceptors (Lipinski definition) is 4. The number of amides is 1. The predicted octanol–water partition coefficient (Wildman–Crippen LogP) is 6.30. The van der Waals surface area contributed by atoms with Crippen LogP contribution in [0.1, 0.15) is 41.7 Å². The number of halogens is 1. The van der Waals surface area contributed by atoms with E-state index in [2.05, 4.69) is 24.1 Å². The summed E-state index contributed by atoms with van der Waals surface area (Å²) in [5, 5.41) is 3.50. The maximum Gasteiger partial charge on any atom is 0.248 e. The molecule has 0 unspecified atom stereocenters. The predicted molar refractivity (Wildman–Crippen MR) is 132 cm³/mol. The van der Waals surface area contributed by atoms with E-state index in [9.17, 15) is 4.79 Å². The number of benzene rings is 2. The molecule has 5 nitrogen and oxygen atoms in total. The summed E-state index contributed by atoms with van der Waals surface area (Å²) in [6.45, 7) is 8.54. The first-order chi connectivity index (χ1) is 15.7. The second-order valence-electron chi connectivity index (χ2n) is 8.84. The zero-order valence-electron chi connectivity index (χ0n) is 19.2. The number of anilines is 1. The SMILES string of the molecule is Cc1c(C=CC(=O)Nc2ccncc2)ccc(OCc2cc(Cl)cc3c2OC(C)(C)C3)c1C. The van der Waals surface area contributed by atoms with Crippen molar-refractivity contribution in [3.05, 3.63) is 87.7 Å². The lowest BCUT2D eigenvalue weighted by molar-refractivity contribution is -0.111. The van der Waals surface area contributed by atoms with Crippen molar-refractivity contribution >= 4 is 29.3 Å². The zero-order chi connectivity index (χ0) is 23.6. The van der Waals surface area contributed by atoms with Crippen LogP contribution < -0.4 is 14.8 Å². The maximum atomic E-state index is 12.2. The minimum absolute atomic E-state index is 0.198. The topological polar surface area (TPSA) is 60.5 Å². The van der Waals surface area contributed by atoms with E-state index in [1.165, 1.54) is 6.08 Å². The summed E-state index contributed by atoms with van der Waals surface area (Å²) < 4.78 is 12.3. The number of ether oxygens (including phenoxy) is 2. The van der Waals surface area contributed by atoms with E-state index in [4.69, 9.17) is 21.1 Å². The van der Waals surface area contributed by atoms with E-state index in [1.54, 1.807) is 24.5 Å². The van der Waals surface area contributed by atoms with Crippen molar-refractivity contribution in [3.8, 4) is 11.5 Å². The summed E-state index contributed by atoms with van der Waals surface area (Å²) in [5.74, 6) is 1.46. The van der Waals surface area contributed by atoms with Gasteiger partial charge >= 0.3 is 0 Å². The molecule has 4 rings (SSSR count). The molecule has 0 bridgehead atoms. The van der Waals surface area contributed by atoms with Gasteiger partial charge in [0.05, 0.1) is 0 Å². The van der Waals surface area contributed by atoms with Gasteiger partial charge in [-0.15, -0.1) is 0 Å². The summed E-state index contributed by atoms with van der Waals surface area (Å²) in [5.41, 5.74) is 5.54. The quantitative estimate of drug-likeness (QED) is 0.437. The number of fused-ring (bicyclic) bond motifs is 1. The van der Waals surface area contributed by atoms with E-state index in [0.29, 0.717) is 17.3 Å². The molecule has 1 amide bonds. The van der Waals surface area contributed by atoms with Crippen molar-refractivity contribution in [1.82, 2.24) is 4.98 Å². The molecule has 0 spiro atoms. The molecule has 0 aliphatic carbocycles. The second kappa shape index (κ2) is 9.28. The first kappa shape index (κ1) is 22.9. The Morgan fingerprint density at radius 2 is 1.94 bits per heavy atom. The standard InChI is InChI=1S/C27H27ClN2O3/c1-17-18(2)24(7-5-19(17)6-8-25(31)30-23-9-11-29-12-10-23)32-16-21-14-22(28)13-20-15-27(3,4)33-26(20)21/h5-14H,15-16H2,1-4H3,(H,29,30,31). The molecular weight excluding hydrogens is 436 g/mol. The van der Waals surface area contributed by atoms with Gasteiger partial charge in [-0.1, -0.05) is 17.7 Å². The third kappa shape index (κ3) is 5.37. The second-order valence-corrected chi connectivity index (χ2v) is 9.28.